The molecule has 2 rings (SSSR count). The van der Waals surface area contributed by atoms with Gasteiger partial charge in [0.1, 0.15) is 13.1 Å². The van der Waals surface area contributed by atoms with E-state index in [0.29, 0.717) is 0 Å². The number of quaternary nitrogens is 1. The number of nitrogens with zero attached hydrogens (tertiary/aromatic N) is 3. The fourth-order valence-corrected chi connectivity index (χ4v) is 1.72. The van der Waals surface area contributed by atoms with Crippen molar-refractivity contribution in [1.82, 2.24) is 4.73 Å². The number of morpholine rings is 1. The molecule has 0 spiro atoms. The molecule has 1 aliphatic heterocycles. The lowest BCUT2D eigenvalue weighted by Gasteiger charge is -2.32. The van der Waals surface area contributed by atoms with Crippen molar-refractivity contribution < 1.29 is 14.1 Å². The van der Waals surface area contributed by atoms with E-state index in [2.05, 4.69) is 12.0 Å². The zero-order chi connectivity index (χ0) is 12.8. The predicted octanol–water partition coefficient (Wildman–Crippen LogP) is -0.261. The zero-order valence-corrected chi connectivity index (χ0v) is 10.5. The Morgan fingerprint density at radius 2 is 2.28 bits per heavy atom. The lowest BCUT2D eigenvalue weighted by atomic mass is 10.4. The molecular weight excluding hydrogens is 234 g/mol. The van der Waals surface area contributed by atoms with Crippen molar-refractivity contribution in [3.63, 3.8) is 0 Å². The van der Waals surface area contributed by atoms with Crippen LogP contribution in [0.2, 0.25) is 0 Å². The van der Waals surface area contributed by atoms with Gasteiger partial charge in [0, 0.05) is 12.3 Å². The number of ether oxygens (including phenoxy) is 1. The molecule has 0 aliphatic carbocycles. The third-order valence-electron chi connectivity index (χ3n) is 2.91. The Hall–Kier alpha value is -1.66. The topological polar surface area (TPSA) is 52.8 Å². The van der Waals surface area contributed by atoms with Crippen LogP contribution >= 0.6 is 0 Å². The molecule has 0 amide bonds. The van der Waals surface area contributed by atoms with E-state index < -0.39 is 0 Å². The first-order valence-electron chi connectivity index (χ1n) is 5.94. The van der Waals surface area contributed by atoms with Crippen LogP contribution < -0.4 is 10.4 Å². The molecule has 1 aliphatic rings. The van der Waals surface area contributed by atoms with E-state index in [1.165, 1.54) is 10.8 Å². The molecule has 1 saturated heterocycles. The van der Waals surface area contributed by atoms with Crippen LogP contribution in [0.25, 0.3) is 0 Å². The lowest BCUT2D eigenvalue weighted by Crippen LogP contribution is -2.50. The predicted molar refractivity (Wildman–Crippen MR) is 67.4 cm³/mol. The van der Waals surface area contributed by atoms with Crippen LogP contribution in [0.3, 0.4) is 0 Å². The third kappa shape index (κ3) is 3.41. The summed E-state index contributed by atoms with van der Waals surface area (Å²) in [6, 6.07) is 4.85. The van der Waals surface area contributed by atoms with Crippen LogP contribution in [0.1, 0.15) is 0 Å². The SMILES string of the molecule is C[N+]1(C=NCOn2ccccc2=O)CCOCC1. The maximum Gasteiger partial charge on any atom is 0.283 e. The quantitative estimate of drug-likeness (QED) is 0.421. The van der Waals surface area contributed by atoms with E-state index in [-0.39, 0.29) is 12.3 Å². The largest absolute Gasteiger partial charge is 0.387 e. The van der Waals surface area contributed by atoms with Gasteiger partial charge in [-0.05, 0) is 6.07 Å². The Morgan fingerprint density at radius 1 is 1.50 bits per heavy atom. The van der Waals surface area contributed by atoms with Crippen LogP contribution in [-0.4, -0.2) is 55.6 Å². The van der Waals surface area contributed by atoms with Crippen molar-refractivity contribution in [2.24, 2.45) is 4.99 Å². The van der Waals surface area contributed by atoms with E-state index >= 15 is 0 Å². The number of hydrogen-bond acceptors (Lipinski definition) is 4. The van der Waals surface area contributed by atoms with Gasteiger partial charge in [0.15, 0.2) is 6.34 Å². The van der Waals surface area contributed by atoms with E-state index in [1.807, 2.05) is 6.34 Å². The van der Waals surface area contributed by atoms with Crippen molar-refractivity contribution in [2.45, 2.75) is 0 Å². The Labute approximate surface area is 106 Å². The molecule has 0 atom stereocenters. The maximum atomic E-state index is 11.3. The minimum atomic E-state index is -0.195. The van der Waals surface area contributed by atoms with Crippen LogP contribution in [-0.2, 0) is 4.74 Å². The second-order valence-corrected chi connectivity index (χ2v) is 4.46. The van der Waals surface area contributed by atoms with Crippen LogP contribution in [0.4, 0.5) is 0 Å². The number of likely N-dealkylation sites (N-methyl/N-ethyl adjacent to an activating group) is 1. The fourth-order valence-electron chi connectivity index (χ4n) is 1.72. The summed E-state index contributed by atoms with van der Waals surface area (Å²) in [6.45, 7) is 3.46. The smallest absolute Gasteiger partial charge is 0.283 e. The molecule has 0 bridgehead atoms. The average Bonchev–Trinajstić information content (AvgIpc) is 2.37. The normalized spacial score (nSPS) is 18.9. The van der Waals surface area contributed by atoms with Crippen molar-refractivity contribution in [1.29, 1.82) is 0 Å². The molecule has 0 saturated carbocycles. The highest BCUT2D eigenvalue weighted by molar-refractivity contribution is 5.45. The first kappa shape index (κ1) is 12.8. The lowest BCUT2D eigenvalue weighted by molar-refractivity contribution is -0.824. The van der Waals surface area contributed by atoms with Crippen LogP contribution in [0.15, 0.2) is 34.2 Å². The minimum absolute atomic E-state index is 0.138. The number of pyridine rings is 1. The van der Waals surface area contributed by atoms with E-state index in [4.69, 9.17) is 9.57 Å². The summed E-state index contributed by atoms with van der Waals surface area (Å²) < 4.78 is 7.22. The Morgan fingerprint density at radius 3 is 3.00 bits per heavy atom. The van der Waals surface area contributed by atoms with Crippen molar-refractivity contribution in [3.05, 3.63) is 34.7 Å². The van der Waals surface area contributed by atoms with Gasteiger partial charge < -0.3 is 9.57 Å². The second-order valence-electron chi connectivity index (χ2n) is 4.46. The zero-order valence-electron chi connectivity index (χ0n) is 10.5. The van der Waals surface area contributed by atoms with E-state index in [1.54, 1.807) is 18.3 Å². The summed E-state index contributed by atoms with van der Waals surface area (Å²) in [7, 11) is 2.10. The molecule has 1 aromatic rings. The van der Waals surface area contributed by atoms with Crippen LogP contribution in [0.5, 0.6) is 0 Å². The molecule has 0 N–H and O–H groups in total. The molecule has 0 radical (unpaired) electrons. The molecule has 6 nitrogen and oxygen atoms in total. The van der Waals surface area contributed by atoms with Crippen molar-refractivity contribution >= 4 is 6.34 Å². The summed E-state index contributed by atoms with van der Waals surface area (Å²) in [5.74, 6) is 0. The molecule has 1 aromatic heterocycles. The van der Waals surface area contributed by atoms with E-state index in [0.717, 1.165) is 30.8 Å². The fraction of sp³-hybridized carbons (Fsp3) is 0.500. The maximum absolute atomic E-state index is 11.3. The van der Waals surface area contributed by atoms with Gasteiger partial charge in [-0.2, -0.15) is 9.72 Å². The highest BCUT2D eigenvalue weighted by atomic mass is 16.7. The minimum Gasteiger partial charge on any atom is -0.387 e. The van der Waals surface area contributed by atoms with Gasteiger partial charge >= 0.3 is 0 Å². The first-order chi connectivity index (χ1) is 8.70. The molecule has 6 heteroatoms. The third-order valence-corrected chi connectivity index (χ3v) is 2.91. The van der Waals surface area contributed by atoms with Gasteiger partial charge in [-0.3, -0.25) is 9.28 Å². The van der Waals surface area contributed by atoms with Gasteiger partial charge in [-0.15, -0.1) is 0 Å². The van der Waals surface area contributed by atoms with E-state index in [9.17, 15) is 4.79 Å². The molecule has 98 valence electrons. The van der Waals surface area contributed by atoms with Gasteiger partial charge in [-0.25, -0.2) is 0 Å². The van der Waals surface area contributed by atoms with Gasteiger partial charge in [0.2, 0.25) is 6.73 Å². The number of hydrogen-bond donors (Lipinski definition) is 0. The summed E-state index contributed by atoms with van der Waals surface area (Å²) in [5.41, 5.74) is -0.195. The van der Waals surface area contributed by atoms with Gasteiger partial charge in [0.25, 0.3) is 5.56 Å². The monoisotopic (exact) mass is 252 g/mol. The highest BCUT2D eigenvalue weighted by Crippen LogP contribution is 2.03. The molecular formula is C12H18N3O3+. The standard InChI is InChI=1S/C12H18N3O3/c1-15(6-8-17-9-7-15)10-13-11-18-14-5-3-2-4-12(14)16/h2-5,10H,6-9,11H2,1H3/q+1. The summed E-state index contributed by atoms with van der Waals surface area (Å²) in [6.07, 6.45) is 3.43. The Bertz CT molecular complexity index is 464. The number of aromatic nitrogens is 1. The number of aliphatic imine (C=N–C) groups is 1. The molecule has 0 aromatic carbocycles. The molecule has 2 heterocycles. The van der Waals surface area contributed by atoms with Gasteiger partial charge in [-0.1, -0.05) is 6.07 Å². The molecule has 18 heavy (non-hydrogen) atoms. The van der Waals surface area contributed by atoms with Crippen molar-refractivity contribution in [2.75, 3.05) is 40.1 Å². The summed E-state index contributed by atoms with van der Waals surface area (Å²) in [4.78, 5) is 20.8. The number of rotatable bonds is 4. The highest BCUT2D eigenvalue weighted by Gasteiger charge is 2.22. The summed E-state index contributed by atoms with van der Waals surface area (Å²) >= 11 is 0. The Kier molecular flexibility index (Phi) is 4.11. The van der Waals surface area contributed by atoms with Gasteiger partial charge in [0.05, 0.1) is 20.3 Å². The van der Waals surface area contributed by atoms with Crippen LogP contribution in [0, 0.1) is 0 Å². The molecule has 0 unspecified atom stereocenters. The average molecular weight is 252 g/mol. The Balaban J connectivity index is 1.85. The first-order valence-corrected chi connectivity index (χ1v) is 5.94. The second kappa shape index (κ2) is 5.79. The molecule has 1 fully saturated rings. The summed E-state index contributed by atoms with van der Waals surface area (Å²) in [5, 5.41) is 0. The van der Waals surface area contributed by atoms with Crippen molar-refractivity contribution in [3.8, 4) is 0 Å².